The van der Waals surface area contributed by atoms with Crippen LogP contribution in [0.2, 0.25) is 0 Å². The maximum atomic E-state index is 8.33. The molecule has 62 valence electrons. The SMILES string of the molecule is O=C([O-])[O-].OCC(O)CO.[Mg+2]. The van der Waals surface area contributed by atoms with E-state index >= 15 is 0 Å². The van der Waals surface area contributed by atoms with Gasteiger partial charge < -0.3 is 30.3 Å². The monoisotopic (exact) mass is 176 g/mol. The predicted molar refractivity (Wildman–Crippen MR) is 31.3 cm³/mol. The van der Waals surface area contributed by atoms with E-state index in [-0.39, 0.29) is 36.3 Å². The molecule has 11 heavy (non-hydrogen) atoms. The summed E-state index contributed by atoms with van der Waals surface area (Å²) in [5, 5.41) is 40.7. The van der Waals surface area contributed by atoms with Crippen molar-refractivity contribution in [3.05, 3.63) is 0 Å². The van der Waals surface area contributed by atoms with E-state index < -0.39 is 12.3 Å². The Morgan fingerprint density at radius 2 is 1.45 bits per heavy atom. The second-order valence-electron chi connectivity index (χ2n) is 1.27. The molecule has 0 saturated heterocycles. The van der Waals surface area contributed by atoms with E-state index in [4.69, 9.17) is 30.3 Å². The molecule has 0 bridgehead atoms. The summed E-state index contributed by atoms with van der Waals surface area (Å²) in [6.45, 7) is -0.729. The summed E-state index contributed by atoms with van der Waals surface area (Å²) in [6.07, 6.45) is -3.29. The van der Waals surface area contributed by atoms with Gasteiger partial charge in [-0.3, -0.25) is 0 Å². The average Bonchev–Trinajstić information content (AvgIpc) is 1.85. The second-order valence-corrected chi connectivity index (χ2v) is 1.27. The standard InChI is InChI=1S/C3H8O3.CH2O3.Mg/c4-1-3(6)2-5;2-1(3)4;/h3-6H,1-2H2;(H2,2,3,4);/q;;+2/p-2. The van der Waals surface area contributed by atoms with E-state index in [0.717, 1.165) is 0 Å². The molecule has 0 aromatic carbocycles. The third-order valence-electron chi connectivity index (χ3n) is 0.421. The topological polar surface area (TPSA) is 124 Å². The molecule has 0 aliphatic carbocycles. The van der Waals surface area contributed by atoms with Crippen LogP contribution in [-0.4, -0.2) is 63.8 Å². The molecule has 0 spiro atoms. The van der Waals surface area contributed by atoms with Gasteiger partial charge in [-0.2, -0.15) is 0 Å². The van der Waals surface area contributed by atoms with Crippen LogP contribution in [0.4, 0.5) is 4.79 Å². The summed E-state index contributed by atoms with van der Waals surface area (Å²) in [5.41, 5.74) is 0. The molecule has 0 saturated carbocycles. The van der Waals surface area contributed by atoms with Crippen LogP contribution >= 0.6 is 0 Å². The fourth-order valence-corrected chi connectivity index (χ4v) is 0.0577. The van der Waals surface area contributed by atoms with Gasteiger partial charge in [0, 0.05) is 0 Å². The van der Waals surface area contributed by atoms with Crippen molar-refractivity contribution >= 4 is 29.2 Å². The molecule has 0 atom stereocenters. The van der Waals surface area contributed by atoms with Gasteiger partial charge in [0.2, 0.25) is 0 Å². The van der Waals surface area contributed by atoms with Crippen LogP contribution in [0.3, 0.4) is 0 Å². The van der Waals surface area contributed by atoms with Crippen molar-refractivity contribution in [3.63, 3.8) is 0 Å². The molecule has 0 amide bonds. The summed E-state index contributed by atoms with van der Waals surface area (Å²) in [5.74, 6) is 0. The van der Waals surface area contributed by atoms with Crippen LogP contribution in [0.1, 0.15) is 0 Å². The van der Waals surface area contributed by atoms with Crippen LogP contribution < -0.4 is 10.2 Å². The minimum atomic E-state index is -2.33. The van der Waals surface area contributed by atoms with Crippen LogP contribution in [0.5, 0.6) is 0 Å². The maximum Gasteiger partial charge on any atom is 2.00 e. The molecule has 7 heteroatoms. The number of carbonyl (C=O) groups is 1. The quantitative estimate of drug-likeness (QED) is 0.364. The van der Waals surface area contributed by atoms with Gasteiger partial charge in [-0.15, -0.1) is 0 Å². The van der Waals surface area contributed by atoms with Crippen LogP contribution in [0, 0.1) is 0 Å². The minimum absolute atomic E-state index is 0. The molecule has 0 aliphatic heterocycles. The Bertz CT molecular complexity index is 78.7. The van der Waals surface area contributed by atoms with E-state index in [1.807, 2.05) is 0 Å². The zero-order valence-electron chi connectivity index (χ0n) is 5.77. The van der Waals surface area contributed by atoms with Crippen LogP contribution in [-0.2, 0) is 0 Å². The third-order valence-corrected chi connectivity index (χ3v) is 0.421. The zero-order valence-corrected chi connectivity index (χ0v) is 7.18. The first-order chi connectivity index (χ1) is 4.54. The van der Waals surface area contributed by atoms with Gasteiger partial charge >= 0.3 is 23.1 Å². The fraction of sp³-hybridized carbons (Fsp3) is 0.750. The fourth-order valence-electron chi connectivity index (χ4n) is 0.0577. The van der Waals surface area contributed by atoms with Gasteiger partial charge in [0.1, 0.15) is 6.10 Å². The summed E-state index contributed by atoms with van der Waals surface area (Å²) in [7, 11) is 0. The average molecular weight is 176 g/mol. The van der Waals surface area contributed by atoms with Gasteiger partial charge in [-0.1, -0.05) is 0 Å². The normalized spacial score (nSPS) is 7.64. The van der Waals surface area contributed by atoms with Gasteiger partial charge in [-0.25, -0.2) is 0 Å². The number of carboxylic acid groups (broad SMARTS) is 2. The number of aliphatic hydroxyl groups excluding tert-OH is 3. The number of hydrogen-bond donors (Lipinski definition) is 3. The Morgan fingerprint density at radius 1 is 1.27 bits per heavy atom. The molecule has 0 rings (SSSR count). The molecule has 0 heterocycles. The Morgan fingerprint density at radius 3 is 1.45 bits per heavy atom. The number of carbonyl (C=O) groups excluding carboxylic acids is 1. The van der Waals surface area contributed by atoms with E-state index in [9.17, 15) is 0 Å². The summed E-state index contributed by atoms with van der Waals surface area (Å²) in [4.78, 5) is 8.33. The number of aliphatic hydroxyl groups is 3. The van der Waals surface area contributed by atoms with Crippen molar-refractivity contribution in [1.29, 1.82) is 0 Å². The van der Waals surface area contributed by atoms with Crippen LogP contribution in [0.15, 0.2) is 0 Å². The molecule has 0 radical (unpaired) electrons. The molecule has 3 N–H and O–H groups in total. The smallest absolute Gasteiger partial charge is 0.652 e. The summed E-state index contributed by atoms with van der Waals surface area (Å²) >= 11 is 0. The van der Waals surface area contributed by atoms with E-state index in [2.05, 4.69) is 0 Å². The van der Waals surface area contributed by atoms with Gasteiger partial charge in [0.25, 0.3) is 0 Å². The first kappa shape index (κ1) is 17.1. The molecule has 0 fully saturated rings. The molecule has 0 unspecified atom stereocenters. The first-order valence-corrected chi connectivity index (χ1v) is 2.32. The van der Waals surface area contributed by atoms with Crippen molar-refractivity contribution in [1.82, 2.24) is 0 Å². The van der Waals surface area contributed by atoms with Gasteiger partial charge in [-0.05, 0) is 6.16 Å². The van der Waals surface area contributed by atoms with E-state index in [0.29, 0.717) is 0 Å². The van der Waals surface area contributed by atoms with E-state index in [1.54, 1.807) is 0 Å². The molecule has 0 aliphatic rings. The molecule has 0 aromatic heterocycles. The Hall–Kier alpha value is -0.0838. The Labute approximate surface area is 79.2 Å². The Balaban J connectivity index is -0.000000114. The maximum absolute atomic E-state index is 8.33. The second kappa shape index (κ2) is 12.6. The van der Waals surface area contributed by atoms with Gasteiger partial charge in [0.05, 0.1) is 13.2 Å². The largest absolute Gasteiger partial charge is 2.00 e. The van der Waals surface area contributed by atoms with Crippen molar-refractivity contribution in [2.45, 2.75) is 6.10 Å². The van der Waals surface area contributed by atoms with Crippen molar-refractivity contribution in [3.8, 4) is 0 Å². The van der Waals surface area contributed by atoms with E-state index in [1.165, 1.54) is 0 Å². The molecule has 6 nitrogen and oxygen atoms in total. The minimum Gasteiger partial charge on any atom is -0.652 e. The van der Waals surface area contributed by atoms with Crippen LogP contribution in [0.25, 0.3) is 0 Å². The van der Waals surface area contributed by atoms with Crippen molar-refractivity contribution in [2.24, 2.45) is 0 Å². The van der Waals surface area contributed by atoms with Crippen molar-refractivity contribution in [2.75, 3.05) is 13.2 Å². The first-order valence-electron chi connectivity index (χ1n) is 2.32. The summed E-state index contributed by atoms with van der Waals surface area (Å²) in [6, 6.07) is 0. The zero-order chi connectivity index (χ0) is 8.57. The molecular formula is C4H8MgO6. The molecular weight excluding hydrogens is 168 g/mol. The van der Waals surface area contributed by atoms with Crippen molar-refractivity contribution < 1.29 is 30.3 Å². The third kappa shape index (κ3) is 40.5. The molecule has 0 aromatic rings. The number of rotatable bonds is 2. The summed E-state index contributed by atoms with van der Waals surface area (Å²) < 4.78 is 0. The van der Waals surface area contributed by atoms with Gasteiger partial charge in [0.15, 0.2) is 0 Å². The predicted octanol–water partition coefficient (Wildman–Crippen LogP) is -4.50. The number of hydrogen-bond acceptors (Lipinski definition) is 6. The Kier molecular flexibility index (Phi) is 19.6.